The molecule has 0 aliphatic rings. The monoisotopic (exact) mass is 245 g/mol. The van der Waals surface area contributed by atoms with Crippen molar-refractivity contribution >= 4 is 11.9 Å². The smallest absolute Gasteiger partial charge is 0.239 e. The lowest BCUT2D eigenvalue weighted by molar-refractivity contribution is -0.119. The van der Waals surface area contributed by atoms with Gasteiger partial charge in [0.15, 0.2) is 0 Å². The molecule has 0 spiro atoms. The number of nitrogens with zero attached hydrogens (tertiary/aromatic N) is 3. The van der Waals surface area contributed by atoms with E-state index in [9.17, 15) is 4.79 Å². The van der Waals surface area contributed by atoms with Crippen molar-refractivity contribution in [1.82, 2.24) is 20.3 Å². The molecule has 2 N–H and O–H groups in total. The molecule has 0 saturated carbocycles. The number of carbonyl (C=O) groups is 1. The molecule has 2 aromatic rings. The Morgan fingerprint density at radius 3 is 2.89 bits per heavy atom. The van der Waals surface area contributed by atoms with E-state index in [2.05, 4.69) is 20.3 Å². The van der Waals surface area contributed by atoms with Crippen molar-refractivity contribution in [1.29, 1.82) is 0 Å². The van der Waals surface area contributed by atoms with E-state index in [1.165, 1.54) is 0 Å². The lowest BCUT2D eigenvalue weighted by Gasteiger charge is -2.15. The van der Waals surface area contributed by atoms with Crippen LogP contribution in [0, 0.1) is 0 Å². The summed E-state index contributed by atoms with van der Waals surface area (Å²) in [6.07, 6.45) is 6.98. The Hall–Kier alpha value is -2.37. The Balaban J connectivity index is 1.80. The van der Waals surface area contributed by atoms with Crippen molar-refractivity contribution in [3.05, 3.63) is 42.5 Å². The molecule has 0 aliphatic heterocycles. The highest BCUT2D eigenvalue weighted by Crippen LogP contribution is 2.01. The van der Waals surface area contributed by atoms with Crippen molar-refractivity contribution in [3.8, 4) is 0 Å². The standard InChI is InChI=1S/C12H15N5O/c1-17(12-14-4-2-5-15-12)9-11(18)16-8-10-3-6-13-7-10/h2-7,13H,8-9H2,1H3,(H,16,18). The summed E-state index contributed by atoms with van der Waals surface area (Å²) in [5, 5.41) is 2.83. The summed E-state index contributed by atoms with van der Waals surface area (Å²) >= 11 is 0. The first-order valence-corrected chi connectivity index (χ1v) is 5.62. The van der Waals surface area contributed by atoms with Gasteiger partial charge in [0.05, 0.1) is 6.54 Å². The van der Waals surface area contributed by atoms with E-state index >= 15 is 0 Å². The summed E-state index contributed by atoms with van der Waals surface area (Å²) in [4.78, 5) is 24.5. The lowest BCUT2D eigenvalue weighted by Crippen LogP contribution is -2.35. The maximum atomic E-state index is 11.7. The van der Waals surface area contributed by atoms with Gasteiger partial charge in [0.2, 0.25) is 11.9 Å². The Morgan fingerprint density at radius 1 is 1.44 bits per heavy atom. The molecule has 0 aromatic carbocycles. The second-order valence-corrected chi connectivity index (χ2v) is 3.90. The van der Waals surface area contributed by atoms with Crippen LogP contribution in [0.4, 0.5) is 5.95 Å². The number of carbonyl (C=O) groups excluding carboxylic acids is 1. The van der Waals surface area contributed by atoms with Crippen LogP contribution in [0.1, 0.15) is 5.56 Å². The van der Waals surface area contributed by atoms with Gasteiger partial charge in [-0.05, 0) is 17.7 Å². The highest BCUT2D eigenvalue weighted by Gasteiger charge is 2.08. The number of H-pyrrole nitrogens is 1. The number of nitrogens with one attached hydrogen (secondary N) is 2. The molecule has 0 unspecified atom stereocenters. The van der Waals surface area contributed by atoms with Crippen LogP contribution in [-0.4, -0.2) is 34.5 Å². The van der Waals surface area contributed by atoms with Crippen LogP contribution in [0.3, 0.4) is 0 Å². The van der Waals surface area contributed by atoms with Gasteiger partial charge in [-0.3, -0.25) is 4.79 Å². The third-order valence-electron chi connectivity index (χ3n) is 2.43. The van der Waals surface area contributed by atoms with E-state index in [4.69, 9.17) is 0 Å². The number of hydrogen-bond donors (Lipinski definition) is 2. The molecular weight excluding hydrogens is 230 g/mol. The quantitative estimate of drug-likeness (QED) is 0.807. The number of rotatable bonds is 5. The third-order valence-corrected chi connectivity index (χ3v) is 2.43. The molecule has 0 aliphatic carbocycles. The number of aromatic nitrogens is 3. The zero-order chi connectivity index (χ0) is 12.8. The number of anilines is 1. The topological polar surface area (TPSA) is 73.9 Å². The summed E-state index contributed by atoms with van der Waals surface area (Å²) in [6.45, 7) is 0.750. The van der Waals surface area contributed by atoms with Crippen molar-refractivity contribution in [3.63, 3.8) is 0 Å². The summed E-state index contributed by atoms with van der Waals surface area (Å²) < 4.78 is 0. The van der Waals surface area contributed by atoms with E-state index in [0.717, 1.165) is 5.56 Å². The maximum absolute atomic E-state index is 11.7. The second-order valence-electron chi connectivity index (χ2n) is 3.90. The molecule has 0 bridgehead atoms. The molecule has 1 amide bonds. The third kappa shape index (κ3) is 3.31. The fraction of sp³-hybridized carbons (Fsp3) is 0.250. The molecule has 2 heterocycles. The zero-order valence-corrected chi connectivity index (χ0v) is 10.1. The lowest BCUT2D eigenvalue weighted by atomic mass is 10.3. The first-order chi connectivity index (χ1) is 8.75. The molecule has 94 valence electrons. The van der Waals surface area contributed by atoms with Gasteiger partial charge in [-0.1, -0.05) is 0 Å². The van der Waals surface area contributed by atoms with Gasteiger partial charge in [-0.25, -0.2) is 9.97 Å². The first kappa shape index (κ1) is 12.1. The average molecular weight is 245 g/mol. The minimum Gasteiger partial charge on any atom is -0.367 e. The molecule has 2 aromatic heterocycles. The van der Waals surface area contributed by atoms with E-state index in [1.807, 2.05) is 18.5 Å². The molecular formula is C12H15N5O. The summed E-state index contributed by atoms with van der Waals surface area (Å²) in [5.74, 6) is 0.473. The summed E-state index contributed by atoms with van der Waals surface area (Å²) in [5.41, 5.74) is 1.04. The van der Waals surface area contributed by atoms with Crippen LogP contribution < -0.4 is 10.2 Å². The van der Waals surface area contributed by atoms with Gasteiger partial charge >= 0.3 is 0 Å². The second kappa shape index (κ2) is 5.81. The molecule has 6 heteroatoms. The van der Waals surface area contributed by atoms with Crippen molar-refractivity contribution in [2.45, 2.75) is 6.54 Å². The SMILES string of the molecule is CN(CC(=O)NCc1cc[nH]c1)c1ncccn1. The zero-order valence-electron chi connectivity index (χ0n) is 10.1. The number of hydrogen-bond acceptors (Lipinski definition) is 4. The van der Waals surface area contributed by atoms with Gasteiger partial charge in [0.1, 0.15) is 0 Å². The molecule has 0 radical (unpaired) electrons. The molecule has 6 nitrogen and oxygen atoms in total. The van der Waals surface area contributed by atoms with Gasteiger partial charge in [0.25, 0.3) is 0 Å². The van der Waals surface area contributed by atoms with E-state index < -0.39 is 0 Å². The predicted octanol–water partition coefficient (Wildman–Crippen LogP) is 0.557. The summed E-state index contributed by atoms with van der Waals surface area (Å²) in [6, 6.07) is 3.66. The Bertz CT molecular complexity index is 482. The van der Waals surface area contributed by atoms with Crippen molar-refractivity contribution in [2.24, 2.45) is 0 Å². The Kier molecular flexibility index (Phi) is 3.90. The molecule has 0 fully saturated rings. The van der Waals surface area contributed by atoms with E-state index in [1.54, 1.807) is 30.4 Å². The minimum atomic E-state index is -0.0637. The van der Waals surface area contributed by atoms with Crippen LogP contribution in [-0.2, 0) is 11.3 Å². The highest BCUT2D eigenvalue weighted by molar-refractivity contribution is 5.80. The van der Waals surface area contributed by atoms with E-state index in [0.29, 0.717) is 12.5 Å². The highest BCUT2D eigenvalue weighted by atomic mass is 16.2. The molecule has 0 atom stereocenters. The number of aromatic amines is 1. The average Bonchev–Trinajstić information content (AvgIpc) is 2.90. The molecule has 18 heavy (non-hydrogen) atoms. The summed E-state index contributed by atoms with van der Waals surface area (Å²) in [7, 11) is 1.78. The first-order valence-electron chi connectivity index (χ1n) is 5.62. The largest absolute Gasteiger partial charge is 0.367 e. The van der Waals surface area contributed by atoms with Crippen LogP contribution in [0.25, 0.3) is 0 Å². The van der Waals surface area contributed by atoms with Gasteiger partial charge < -0.3 is 15.2 Å². The normalized spacial score (nSPS) is 10.1. The van der Waals surface area contributed by atoms with Gasteiger partial charge in [-0.2, -0.15) is 0 Å². The predicted molar refractivity (Wildman–Crippen MR) is 67.9 cm³/mol. The Morgan fingerprint density at radius 2 is 2.22 bits per heavy atom. The number of amides is 1. The van der Waals surface area contributed by atoms with Crippen molar-refractivity contribution < 1.29 is 4.79 Å². The fourth-order valence-corrected chi connectivity index (χ4v) is 1.50. The van der Waals surface area contributed by atoms with Gasteiger partial charge in [0, 0.05) is 38.4 Å². The Labute approximate surface area is 105 Å². The van der Waals surface area contributed by atoms with Crippen LogP contribution in [0.2, 0.25) is 0 Å². The minimum absolute atomic E-state index is 0.0637. The van der Waals surface area contributed by atoms with E-state index in [-0.39, 0.29) is 12.5 Å². The van der Waals surface area contributed by atoms with Crippen LogP contribution >= 0.6 is 0 Å². The molecule has 0 saturated heterocycles. The van der Waals surface area contributed by atoms with Crippen LogP contribution in [0.15, 0.2) is 36.9 Å². The fourth-order valence-electron chi connectivity index (χ4n) is 1.50. The number of likely N-dealkylation sites (N-methyl/N-ethyl adjacent to an activating group) is 1. The van der Waals surface area contributed by atoms with Crippen LogP contribution in [0.5, 0.6) is 0 Å². The van der Waals surface area contributed by atoms with Crippen molar-refractivity contribution in [2.75, 3.05) is 18.5 Å². The molecule has 2 rings (SSSR count). The maximum Gasteiger partial charge on any atom is 0.239 e. The van der Waals surface area contributed by atoms with Gasteiger partial charge in [-0.15, -0.1) is 0 Å².